The Balaban J connectivity index is 1.55. The molecule has 0 saturated carbocycles. The number of ether oxygens (including phenoxy) is 2. The first-order valence-electron chi connectivity index (χ1n) is 7.07. The first-order valence-corrected chi connectivity index (χ1v) is 7.07. The summed E-state index contributed by atoms with van der Waals surface area (Å²) in [4.78, 5) is 10.8. The maximum Gasteiger partial charge on any atom is 0.318 e. The highest BCUT2D eigenvalue weighted by Crippen LogP contribution is 2.14. The lowest BCUT2D eigenvalue weighted by Gasteiger charge is -2.27. The standard InChI is InChI=1S/C14H19N5O2/c1-18-11-12(10-16-18)3-7-21-14-15-4-2-13(17-14)19-5-8-20-9-6-19/h2,4,10-11H,3,5-9H2,1H3. The van der Waals surface area contributed by atoms with Crippen LogP contribution in [0.1, 0.15) is 5.56 Å². The van der Waals surface area contributed by atoms with E-state index in [2.05, 4.69) is 20.0 Å². The van der Waals surface area contributed by atoms with Crippen molar-refractivity contribution in [1.29, 1.82) is 0 Å². The van der Waals surface area contributed by atoms with Gasteiger partial charge in [0, 0.05) is 39.0 Å². The number of hydrogen-bond acceptors (Lipinski definition) is 6. The van der Waals surface area contributed by atoms with Crippen molar-refractivity contribution in [3.05, 3.63) is 30.2 Å². The molecule has 1 fully saturated rings. The number of nitrogens with zero attached hydrogens (tertiary/aromatic N) is 5. The molecule has 112 valence electrons. The smallest absolute Gasteiger partial charge is 0.318 e. The van der Waals surface area contributed by atoms with Crippen LogP contribution < -0.4 is 9.64 Å². The van der Waals surface area contributed by atoms with E-state index < -0.39 is 0 Å². The van der Waals surface area contributed by atoms with Crippen LogP contribution >= 0.6 is 0 Å². The third kappa shape index (κ3) is 3.69. The van der Waals surface area contributed by atoms with Gasteiger partial charge < -0.3 is 14.4 Å². The van der Waals surface area contributed by atoms with E-state index in [1.807, 2.05) is 25.5 Å². The van der Waals surface area contributed by atoms with Crippen LogP contribution in [0.2, 0.25) is 0 Å². The third-order valence-corrected chi connectivity index (χ3v) is 3.33. The van der Waals surface area contributed by atoms with Crippen LogP contribution in [0, 0.1) is 0 Å². The molecule has 2 aromatic heterocycles. The molecule has 0 bridgehead atoms. The predicted octanol–water partition coefficient (Wildman–Crippen LogP) is 0.668. The van der Waals surface area contributed by atoms with E-state index in [9.17, 15) is 0 Å². The zero-order chi connectivity index (χ0) is 14.5. The maximum absolute atomic E-state index is 5.63. The summed E-state index contributed by atoms with van der Waals surface area (Å²) in [6.07, 6.45) is 6.35. The number of anilines is 1. The molecule has 0 aliphatic carbocycles. The van der Waals surface area contributed by atoms with E-state index in [1.165, 1.54) is 0 Å². The lowest BCUT2D eigenvalue weighted by molar-refractivity contribution is 0.122. The van der Waals surface area contributed by atoms with Crippen LogP contribution in [0.15, 0.2) is 24.7 Å². The number of aryl methyl sites for hydroxylation is 1. The Kier molecular flexibility index (Phi) is 4.30. The number of hydrogen-bond donors (Lipinski definition) is 0. The Morgan fingerprint density at radius 3 is 2.95 bits per heavy atom. The van der Waals surface area contributed by atoms with Crippen molar-refractivity contribution in [3.8, 4) is 6.01 Å². The minimum Gasteiger partial charge on any atom is -0.463 e. The van der Waals surface area contributed by atoms with Gasteiger partial charge in [0.25, 0.3) is 0 Å². The molecule has 1 saturated heterocycles. The molecule has 21 heavy (non-hydrogen) atoms. The predicted molar refractivity (Wildman–Crippen MR) is 77.5 cm³/mol. The van der Waals surface area contributed by atoms with Crippen molar-refractivity contribution in [2.75, 3.05) is 37.8 Å². The van der Waals surface area contributed by atoms with Gasteiger partial charge in [-0.2, -0.15) is 10.1 Å². The molecule has 0 N–H and O–H groups in total. The largest absolute Gasteiger partial charge is 0.463 e. The molecule has 0 unspecified atom stereocenters. The van der Waals surface area contributed by atoms with Gasteiger partial charge in [0.2, 0.25) is 0 Å². The molecule has 1 aliphatic heterocycles. The van der Waals surface area contributed by atoms with Crippen molar-refractivity contribution >= 4 is 5.82 Å². The van der Waals surface area contributed by atoms with Gasteiger partial charge in [0.05, 0.1) is 26.0 Å². The van der Waals surface area contributed by atoms with E-state index in [-0.39, 0.29) is 0 Å². The van der Waals surface area contributed by atoms with Gasteiger partial charge in [-0.3, -0.25) is 4.68 Å². The van der Waals surface area contributed by atoms with Crippen molar-refractivity contribution in [2.24, 2.45) is 7.05 Å². The van der Waals surface area contributed by atoms with Gasteiger partial charge in [-0.1, -0.05) is 0 Å². The van der Waals surface area contributed by atoms with E-state index in [4.69, 9.17) is 9.47 Å². The van der Waals surface area contributed by atoms with Crippen LogP contribution in [0.3, 0.4) is 0 Å². The molecule has 1 aliphatic rings. The van der Waals surface area contributed by atoms with Gasteiger partial charge in [-0.15, -0.1) is 0 Å². The molecule has 7 heteroatoms. The van der Waals surface area contributed by atoms with Gasteiger partial charge in [-0.25, -0.2) is 4.98 Å². The van der Waals surface area contributed by atoms with Gasteiger partial charge in [-0.05, 0) is 11.6 Å². The SMILES string of the molecule is Cn1cc(CCOc2nccc(N3CCOCC3)n2)cn1. The Hall–Kier alpha value is -2.15. The molecule has 0 atom stereocenters. The molecule has 0 aromatic carbocycles. The lowest BCUT2D eigenvalue weighted by Crippen LogP contribution is -2.36. The number of morpholine rings is 1. The Bertz CT molecular complexity index is 580. The number of aromatic nitrogens is 4. The summed E-state index contributed by atoms with van der Waals surface area (Å²) >= 11 is 0. The van der Waals surface area contributed by atoms with Crippen LogP contribution in [0.25, 0.3) is 0 Å². The zero-order valence-electron chi connectivity index (χ0n) is 12.1. The third-order valence-electron chi connectivity index (χ3n) is 3.33. The van der Waals surface area contributed by atoms with Crippen molar-refractivity contribution in [1.82, 2.24) is 19.7 Å². The van der Waals surface area contributed by atoms with Gasteiger partial charge in [0.1, 0.15) is 5.82 Å². The quantitative estimate of drug-likeness (QED) is 0.806. The highest BCUT2D eigenvalue weighted by atomic mass is 16.5. The Morgan fingerprint density at radius 1 is 1.33 bits per heavy atom. The second kappa shape index (κ2) is 6.53. The summed E-state index contributed by atoms with van der Waals surface area (Å²) in [5.74, 6) is 0.893. The van der Waals surface area contributed by atoms with Crippen LogP contribution in [0.5, 0.6) is 6.01 Å². The van der Waals surface area contributed by atoms with Crippen LogP contribution in [-0.4, -0.2) is 52.7 Å². The second-order valence-electron chi connectivity index (χ2n) is 4.92. The zero-order valence-corrected chi connectivity index (χ0v) is 12.1. The fourth-order valence-electron chi connectivity index (χ4n) is 2.23. The van der Waals surface area contributed by atoms with Crippen LogP contribution in [-0.2, 0) is 18.2 Å². The Labute approximate surface area is 123 Å². The summed E-state index contributed by atoms with van der Waals surface area (Å²) in [6.45, 7) is 3.72. The topological polar surface area (TPSA) is 65.3 Å². The molecular formula is C14H19N5O2. The molecule has 3 heterocycles. The fourth-order valence-corrected chi connectivity index (χ4v) is 2.23. The molecule has 2 aromatic rings. The molecule has 0 radical (unpaired) electrons. The van der Waals surface area contributed by atoms with Crippen LogP contribution in [0.4, 0.5) is 5.82 Å². The molecule has 3 rings (SSSR count). The van der Waals surface area contributed by atoms with Gasteiger partial charge >= 0.3 is 6.01 Å². The normalized spacial score (nSPS) is 15.2. The highest BCUT2D eigenvalue weighted by molar-refractivity contribution is 5.38. The molecule has 0 spiro atoms. The monoisotopic (exact) mass is 289 g/mol. The number of rotatable bonds is 5. The molecule has 7 nitrogen and oxygen atoms in total. The second-order valence-corrected chi connectivity index (χ2v) is 4.92. The van der Waals surface area contributed by atoms with E-state index in [1.54, 1.807) is 10.9 Å². The first-order chi connectivity index (χ1) is 10.3. The summed E-state index contributed by atoms with van der Waals surface area (Å²) in [5, 5.41) is 4.13. The van der Waals surface area contributed by atoms with Gasteiger partial charge in [0.15, 0.2) is 0 Å². The minimum absolute atomic E-state index is 0.419. The fraction of sp³-hybridized carbons (Fsp3) is 0.500. The average Bonchev–Trinajstić information content (AvgIpc) is 2.94. The summed E-state index contributed by atoms with van der Waals surface area (Å²) in [5.41, 5.74) is 1.14. The van der Waals surface area contributed by atoms with E-state index >= 15 is 0 Å². The Morgan fingerprint density at radius 2 is 2.19 bits per heavy atom. The van der Waals surface area contributed by atoms with E-state index in [0.717, 1.165) is 44.1 Å². The molecule has 0 amide bonds. The van der Waals surface area contributed by atoms with E-state index in [0.29, 0.717) is 12.6 Å². The summed E-state index contributed by atoms with van der Waals surface area (Å²) in [7, 11) is 1.90. The maximum atomic E-state index is 5.63. The van der Waals surface area contributed by atoms with Crippen molar-refractivity contribution in [3.63, 3.8) is 0 Å². The van der Waals surface area contributed by atoms with Crippen molar-refractivity contribution in [2.45, 2.75) is 6.42 Å². The lowest BCUT2D eigenvalue weighted by atomic mass is 10.3. The highest BCUT2D eigenvalue weighted by Gasteiger charge is 2.13. The molecular weight excluding hydrogens is 270 g/mol. The van der Waals surface area contributed by atoms with Crippen molar-refractivity contribution < 1.29 is 9.47 Å². The average molecular weight is 289 g/mol. The summed E-state index contributed by atoms with van der Waals surface area (Å²) < 4.78 is 12.8. The minimum atomic E-state index is 0.419. The summed E-state index contributed by atoms with van der Waals surface area (Å²) in [6, 6.07) is 2.32. The first kappa shape index (κ1) is 13.8.